The van der Waals surface area contributed by atoms with Crippen molar-refractivity contribution in [2.45, 2.75) is 6.10 Å². The number of carbonyl (C=O) groups excluding carboxylic acids is 1. The second kappa shape index (κ2) is 6.37. The largest absolute Gasteiger partial charge is 0.471 e. The summed E-state index contributed by atoms with van der Waals surface area (Å²) in [5, 5.41) is 2.72. The third-order valence-electron chi connectivity index (χ3n) is 3.32. The van der Waals surface area contributed by atoms with E-state index in [9.17, 15) is 13.6 Å². The average Bonchev–Trinajstić information content (AvgIpc) is 2.48. The highest BCUT2D eigenvalue weighted by Crippen LogP contribution is 2.21. The fourth-order valence-electron chi connectivity index (χ4n) is 2.08. The number of nitrogens with one attached hydrogen (secondary N) is 1. The lowest BCUT2D eigenvalue weighted by Crippen LogP contribution is -2.57. The van der Waals surface area contributed by atoms with Crippen molar-refractivity contribution in [3.8, 4) is 5.88 Å². The first-order valence-electron chi connectivity index (χ1n) is 6.81. The fraction of sp³-hybridized carbons (Fsp3) is 0.200. The summed E-state index contributed by atoms with van der Waals surface area (Å²) in [6.07, 6.45) is 1.24. The Labute approximate surface area is 135 Å². The number of urea groups is 1. The highest BCUT2D eigenvalue weighted by Gasteiger charge is 2.33. The number of hydrogen-bond acceptors (Lipinski definition) is 3. The third kappa shape index (κ3) is 3.50. The predicted octanol–water partition coefficient (Wildman–Crippen LogP) is 3.31. The molecule has 1 fully saturated rings. The Morgan fingerprint density at radius 1 is 1.26 bits per heavy atom. The van der Waals surface area contributed by atoms with Crippen LogP contribution in [-0.4, -0.2) is 35.1 Å². The van der Waals surface area contributed by atoms with Gasteiger partial charge in [-0.1, -0.05) is 17.7 Å². The molecule has 1 aromatic carbocycles. The summed E-state index contributed by atoms with van der Waals surface area (Å²) in [6.45, 7) is 0.596. The van der Waals surface area contributed by atoms with Gasteiger partial charge in [-0.05, 0) is 18.2 Å². The molecule has 0 bridgehead atoms. The van der Waals surface area contributed by atoms with Crippen molar-refractivity contribution in [2.24, 2.45) is 0 Å². The molecule has 1 aliphatic rings. The van der Waals surface area contributed by atoms with Crippen molar-refractivity contribution in [1.82, 2.24) is 9.88 Å². The first-order chi connectivity index (χ1) is 11.0. The lowest BCUT2D eigenvalue weighted by Gasteiger charge is -2.38. The quantitative estimate of drug-likeness (QED) is 0.933. The van der Waals surface area contributed by atoms with Crippen molar-refractivity contribution in [3.63, 3.8) is 0 Å². The molecule has 0 radical (unpaired) electrons. The first kappa shape index (κ1) is 15.5. The monoisotopic (exact) mass is 339 g/mol. The Morgan fingerprint density at radius 3 is 2.57 bits per heavy atom. The predicted molar refractivity (Wildman–Crippen MR) is 80.6 cm³/mol. The summed E-state index contributed by atoms with van der Waals surface area (Å²) in [4.78, 5) is 17.3. The van der Waals surface area contributed by atoms with Crippen LogP contribution < -0.4 is 10.1 Å². The van der Waals surface area contributed by atoms with Gasteiger partial charge in [0, 0.05) is 12.3 Å². The fourth-order valence-corrected chi connectivity index (χ4v) is 2.20. The SMILES string of the molecule is O=C(Nc1c(F)cccc1F)N1CC(Oc2ccc(Cl)cn2)C1. The number of rotatable bonds is 3. The maximum absolute atomic E-state index is 13.5. The number of hydrogen-bond donors (Lipinski definition) is 1. The number of pyridine rings is 1. The van der Waals surface area contributed by atoms with Crippen LogP contribution in [0.2, 0.25) is 5.02 Å². The van der Waals surface area contributed by atoms with Crippen molar-refractivity contribution in [1.29, 1.82) is 0 Å². The van der Waals surface area contributed by atoms with Gasteiger partial charge < -0.3 is 15.0 Å². The zero-order valence-corrected chi connectivity index (χ0v) is 12.6. The first-order valence-corrected chi connectivity index (χ1v) is 7.19. The van der Waals surface area contributed by atoms with Crippen molar-refractivity contribution >= 4 is 23.3 Å². The lowest BCUT2D eigenvalue weighted by atomic mass is 10.2. The molecule has 0 saturated carbocycles. The molecule has 0 atom stereocenters. The van der Waals surface area contributed by atoms with Gasteiger partial charge in [0.1, 0.15) is 23.4 Å². The number of likely N-dealkylation sites (tertiary alicyclic amines) is 1. The van der Waals surface area contributed by atoms with Gasteiger partial charge in [0.2, 0.25) is 5.88 Å². The second-order valence-corrected chi connectivity index (χ2v) is 5.42. The normalized spacial score (nSPS) is 14.3. The highest BCUT2D eigenvalue weighted by atomic mass is 35.5. The third-order valence-corrected chi connectivity index (χ3v) is 3.54. The Kier molecular flexibility index (Phi) is 4.29. The Hall–Kier alpha value is -2.41. The zero-order chi connectivity index (χ0) is 16.4. The minimum Gasteiger partial charge on any atom is -0.471 e. The molecule has 0 aliphatic carbocycles. The molecule has 8 heteroatoms. The summed E-state index contributed by atoms with van der Waals surface area (Å²) in [5.74, 6) is -1.24. The molecule has 23 heavy (non-hydrogen) atoms. The summed E-state index contributed by atoms with van der Waals surface area (Å²) in [5.41, 5.74) is -0.457. The Balaban J connectivity index is 1.53. The van der Waals surface area contributed by atoms with Gasteiger partial charge in [0.25, 0.3) is 0 Å². The van der Waals surface area contributed by atoms with E-state index in [1.54, 1.807) is 12.1 Å². The topological polar surface area (TPSA) is 54.5 Å². The summed E-state index contributed by atoms with van der Waals surface area (Å²) < 4.78 is 32.5. The van der Waals surface area contributed by atoms with E-state index in [0.29, 0.717) is 24.0 Å². The standard InChI is InChI=1S/C15H12ClF2N3O2/c16-9-4-5-13(19-6-9)23-10-7-21(8-10)15(22)20-14-11(17)2-1-3-12(14)18/h1-6,10H,7-8H2,(H,20,22). The van der Waals surface area contributed by atoms with E-state index in [1.165, 1.54) is 17.2 Å². The minimum atomic E-state index is -0.822. The second-order valence-electron chi connectivity index (χ2n) is 4.99. The molecule has 120 valence electrons. The van der Waals surface area contributed by atoms with E-state index in [-0.39, 0.29) is 6.10 Å². The number of para-hydroxylation sites is 1. The van der Waals surface area contributed by atoms with Crippen LogP contribution in [0.4, 0.5) is 19.3 Å². The molecule has 3 rings (SSSR count). The lowest BCUT2D eigenvalue weighted by molar-refractivity contribution is 0.0460. The van der Waals surface area contributed by atoms with E-state index in [1.807, 2.05) is 0 Å². The van der Waals surface area contributed by atoms with Gasteiger partial charge in [-0.2, -0.15) is 0 Å². The van der Waals surface area contributed by atoms with Crippen molar-refractivity contribution in [2.75, 3.05) is 18.4 Å². The summed E-state index contributed by atoms with van der Waals surface area (Å²) >= 11 is 5.72. The maximum Gasteiger partial charge on any atom is 0.322 e. The van der Waals surface area contributed by atoms with Gasteiger partial charge in [-0.3, -0.25) is 0 Å². The van der Waals surface area contributed by atoms with Gasteiger partial charge in [0.05, 0.1) is 18.1 Å². The van der Waals surface area contributed by atoms with Gasteiger partial charge in [0.15, 0.2) is 0 Å². The molecule has 1 saturated heterocycles. The van der Waals surface area contributed by atoms with Crippen molar-refractivity contribution < 1.29 is 18.3 Å². The molecule has 2 heterocycles. The molecule has 0 unspecified atom stereocenters. The average molecular weight is 340 g/mol. The van der Waals surface area contributed by atoms with Crippen molar-refractivity contribution in [3.05, 3.63) is 53.2 Å². The number of nitrogens with zero attached hydrogens (tertiary/aromatic N) is 2. The Morgan fingerprint density at radius 2 is 1.96 bits per heavy atom. The van der Waals surface area contributed by atoms with Crippen LogP contribution in [0.25, 0.3) is 0 Å². The van der Waals surface area contributed by atoms with E-state index >= 15 is 0 Å². The van der Waals surface area contributed by atoms with E-state index in [4.69, 9.17) is 16.3 Å². The molecular weight excluding hydrogens is 328 g/mol. The molecule has 5 nitrogen and oxygen atoms in total. The van der Waals surface area contributed by atoms with E-state index < -0.39 is 23.4 Å². The molecule has 2 amide bonds. The number of amides is 2. The number of benzene rings is 1. The minimum absolute atomic E-state index is 0.222. The zero-order valence-electron chi connectivity index (χ0n) is 11.8. The molecule has 1 aromatic heterocycles. The maximum atomic E-state index is 13.5. The van der Waals surface area contributed by atoms with Crippen LogP contribution in [-0.2, 0) is 0 Å². The van der Waals surface area contributed by atoms with Crippen LogP contribution in [0.5, 0.6) is 5.88 Å². The van der Waals surface area contributed by atoms with E-state index in [0.717, 1.165) is 12.1 Å². The molecule has 1 aliphatic heterocycles. The number of halogens is 3. The summed E-state index contributed by atoms with van der Waals surface area (Å²) in [6, 6.07) is 6.07. The van der Waals surface area contributed by atoms with Crippen LogP contribution in [0.1, 0.15) is 0 Å². The van der Waals surface area contributed by atoms with Gasteiger partial charge in [-0.25, -0.2) is 18.6 Å². The Bertz CT molecular complexity index is 701. The number of anilines is 1. The summed E-state index contributed by atoms with van der Waals surface area (Å²) in [7, 11) is 0. The number of carbonyl (C=O) groups is 1. The van der Waals surface area contributed by atoms with E-state index in [2.05, 4.69) is 10.3 Å². The highest BCUT2D eigenvalue weighted by molar-refractivity contribution is 6.30. The molecular formula is C15H12ClF2N3O2. The molecule has 2 aromatic rings. The molecule has 1 N–H and O–H groups in total. The van der Waals surface area contributed by atoms with Gasteiger partial charge >= 0.3 is 6.03 Å². The number of ether oxygens (including phenoxy) is 1. The van der Waals surface area contributed by atoms with Crippen LogP contribution >= 0.6 is 11.6 Å². The van der Waals surface area contributed by atoms with Crippen LogP contribution in [0.3, 0.4) is 0 Å². The number of aromatic nitrogens is 1. The molecule has 0 spiro atoms. The van der Waals surface area contributed by atoms with Crippen LogP contribution in [0, 0.1) is 11.6 Å². The van der Waals surface area contributed by atoms with Crippen LogP contribution in [0.15, 0.2) is 36.5 Å². The van der Waals surface area contributed by atoms with Gasteiger partial charge in [-0.15, -0.1) is 0 Å². The smallest absolute Gasteiger partial charge is 0.322 e.